The van der Waals surface area contributed by atoms with E-state index in [1.54, 1.807) is 11.8 Å². The predicted octanol–water partition coefficient (Wildman–Crippen LogP) is 16.3. The highest BCUT2D eigenvalue weighted by Gasteiger charge is 2.42. The number of rotatable bonds is 14. The van der Waals surface area contributed by atoms with Crippen LogP contribution in [0.2, 0.25) is 0 Å². The van der Waals surface area contributed by atoms with Gasteiger partial charge in [0.15, 0.2) is 0 Å². The smallest absolute Gasteiger partial charge is 0.137 e. The molecule has 4 aromatic carbocycles. The van der Waals surface area contributed by atoms with Gasteiger partial charge >= 0.3 is 0 Å². The number of benzene rings is 4. The van der Waals surface area contributed by atoms with Crippen LogP contribution in [-0.4, -0.2) is 75.4 Å². The van der Waals surface area contributed by atoms with Crippen molar-refractivity contribution in [3.63, 3.8) is 0 Å². The molecular weight excluding hydrogens is 865 g/mol. The van der Waals surface area contributed by atoms with Gasteiger partial charge in [0.05, 0.1) is 6.61 Å². The molecule has 0 atom stereocenters. The van der Waals surface area contributed by atoms with Crippen LogP contribution in [0.3, 0.4) is 0 Å². The third-order valence-corrected chi connectivity index (χ3v) is 14.9. The van der Waals surface area contributed by atoms with Gasteiger partial charge in [-0.05, 0) is 242 Å². The fourth-order valence-corrected chi connectivity index (χ4v) is 12.1. The van der Waals surface area contributed by atoms with Gasteiger partial charge in [-0.2, -0.15) is 11.8 Å². The number of aryl methyl sites for hydroxylation is 4. The number of hydrogen-bond donors (Lipinski definition) is 0. The highest BCUT2D eigenvalue weighted by Crippen LogP contribution is 2.54. The molecule has 0 aromatic heterocycles. The van der Waals surface area contributed by atoms with Crippen LogP contribution < -0.4 is 17.3 Å². The van der Waals surface area contributed by atoms with E-state index in [0.717, 1.165) is 47.7 Å². The third kappa shape index (κ3) is 14.2. The monoisotopic (exact) mass is 953 g/mol. The molecule has 4 nitrogen and oxygen atoms in total. The van der Waals surface area contributed by atoms with Crippen LogP contribution in [0.15, 0.2) is 72.8 Å². The Balaban J connectivity index is 0.00000172. The van der Waals surface area contributed by atoms with Gasteiger partial charge in [-0.15, -0.1) is 30.9 Å². The molecule has 0 unspecified atom stereocenters. The molecule has 2 aliphatic rings. The zero-order valence-corrected chi connectivity index (χ0v) is 46.7. The largest absolute Gasteiger partial charge is 0.494 e. The van der Waals surface area contributed by atoms with Gasteiger partial charge in [-0.1, -0.05) is 62.4 Å². The maximum Gasteiger partial charge on any atom is 0.137 e. The van der Waals surface area contributed by atoms with Gasteiger partial charge < -0.3 is 17.3 Å². The van der Waals surface area contributed by atoms with Crippen molar-refractivity contribution in [3.8, 4) is 23.0 Å². The van der Waals surface area contributed by atoms with Gasteiger partial charge in [-0.3, -0.25) is 0 Å². The Morgan fingerprint density at radius 1 is 0.469 bits per heavy atom. The van der Waals surface area contributed by atoms with Gasteiger partial charge in [0.25, 0.3) is 0 Å². The van der Waals surface area contributed by atoms with E-state index in [2.05, 4.69) is 164 Å². The summed E-state index contributed by atoms with van der Waals surface area (Å²) in [5.41, 5.74) is 10.6. The summed E-state index contributed by atoms with van der Waals surface area (Å²) in [6.45, 7) is 15.6. The van der Waals surface area contributed by atoms with Crippen molar-refractivity contribution in [2.24, 2.45) is 11.8 Å². The van der Waals surface area contributed by atoms with E-state index in [9.17, 15) is 0 Å². The van der Waals surface area contributed by atoms with Gasteiger partial charge in [0.1, 0.15) is 23.0 Å². The second kappa shape index (κ2) is 23.0. The SMILES string of the molecule is CC.CCOc1ccc(C2(c3ccc(OS(C)(C)C)c(C)c3)CCC(CC3CCC(c4ccc(OS(C)(C)C)c(C)c4)(c4ccc(OS(C)(C)C)c(C)c4)CC3)CC2)cc1C.CSC. The topological polar surface area (TPSA) is 36.9 Å². The first-order valence-electron chi connectivity index (χ1n) is 23.6. The van der Waals surface area contributed by atoms with Crippen molar-refractivity contribution < 1.29 is 17.3 Å². The highest BCUT2D eigenvalue weighted by molar-refractivity contribution is 8.29. The molecule has 0 amide bonds. The summed E-state index contributed by atoms with van der Waals surface area (Å²) in [6.07, 6.45) is 35.0. The van der Waals surface area contributed by atoms with Crippen molar-refractivity contribution in [3.05, 3.63) is 117 Å². The first-order chi connectivity index (χ1) is 30.0. The molecule has 2 fully saturated rings. The van der Waals surface area contributed by atoms with Crippen LogP contribution in [0.5, 0.6) is 23.0 Å². The van der Waals surface area contributed by atoms with Gasteiger partial charge in [0.2, 0.25) is 0 Å². The molecule has 4 aromatic rings. The van der Waals surface area contributed by atoms with E-state index < -0.39 is 30.9 Å². The molecule has 0 bridgehead atoms. The van der Waals surface area contributed by atoms with Crippen molar-refractivity contribution in [1.29, 1.82) is 0 Å². The summed E-state index contributed by atoms with van der Waals surface area (Å²) < 4.78 is 25.4. The van der Waals surface area contributed by atoms with Gasteiger partial charge in [-0.25, -0.2) is 0 Å². The fourth-order valence-electron chi connectivity index (χ4n) is 9.97. The van der Waals surface area contributed by atoms with Crippen LogP contribution in [0.25, 0.3) is 0 Å². The van der Waals surface area contributed by atoms with Crippen LogP contribution in [0.1, 0.15) is 123 Å². The van der Waals surface area contributed by atoms with Crippen LogP contribution in [0.4, 0.5) is 0 Å². The second-order valence-electron chi connectivity index (χ2n) is 20.5. The molecule has 0 N–H and O–H groups in total. The molecule has 0 saturated heterocycles. The Hall–Kier alpha value is -2.52. The summed E-state index contributed by atoms with van der Waals surface area (Å²) in [4.78, 5) is 0. The second-order valence-corrected chi connectivity index (χ2v) is 32.1. The maximum absolute atomic E-state index is 6.48. The maximum atomic E-state index is 6.48. The average molecular weight is 954 g/mol. The third-order valence-electron chi connectivity index (χ3n) is 12.8. The molecule has 0 heterocycles. The number of thioether (sulfide) groups is 1. The minimum atomic E-state index is -1.13. The number of hydrogen-bond acceptors (Lipinski definition) is 5. The summed E-state index contributed by atoms with van der Waals surface area (Å²) in [7, 11) is -3.38. The van der Waals surface area contributed by atoms with E-state index in [-0.39, 0.29) is 10.8 Å². The van der Waals surface area contributed by atoms with E-state index >= 15 is 0 Å². The van der Waals surface area contributed by atoms with Crippen molar-refractivity contribution in [1.82, 2.24) is 0 Å². The van der Waals surface area contributed by atoms with Crippen molar-refractivity contribution >= 4 is 42.7 Å². The molecule has 0 spiro atoms. The standard InChI is InChI=1S/C52H76O4S3.C2H6S.C2H6/c1-15-53-47-20-16-43(32-37(47)2)51(44-17-21-48(38(3)33-44)54-57(6,7)8)28-24-41(25-29-51)36-42-26-30-52(31-27-42,45-18-22-49(39(4)34-45)55-58(9,10)11)46-19-23-50(40(5)35-46)56-59(12,13)14;1-3-2;1-2/h16-23,32-35,41-42H,15,24-31,36H2,1-14H3;1-2H3;1-2H3. The van der Waals surface area contributed by atoms with E-state index in [0.29, 0.717) is 6.61 Å². The Kier molecular flexibility index (Phi) is 19.4. The minimum absolute atomic E-state index is 0.0178. The molecule has 2 aliphatic carbocycles. The summed E-state index contributed by atoms with van der Waals surface area (Å²) >= 11 is 1.75. The van der Waals surface area contributed by atoms with E-state index in [1.807, 2.05) is 26.4 Å². The van der Waals surface area contributed by atoms with Crippen LogP contribution in [0, 0.1) is 39.5 Å². The quantitative estimate of drug-likeness (QED) is 0.126. The number of ether oxygens (including phenoxy) is 1. The zero-order chi connectivity index (χ0) is 47.7. The Morgan fingerprint density at radius 2 is 0.719 bits per heavy atom. The summed E-state index contributed by atoms with van der Waals surface area (Å²) in [6, 6.07) is 28.2. The molecular formula is C56H88O4S4. The molecule has 0 aliphatic heterocycles. The summed E-state index contributed by atoms with van der Waals surface area (Å²) in [5.74, 6) is 5.55. The Bertz CT molecular complexity index is 2020. The first-order valence-corrected chi connectivity index (χ1v) is 33.6. The zero-order valence-electron chi connectivity index (χ0n) is 43.4. The fraction of sp³-hybridized carbons (Fsp3) is 0.571. The lowest BCUT2D eigenvalue weighted by Crippen LogP contribution is -2.36. The molecule has 8 heteroatoms. The lowest BCUT2D eigenvalue weighted by molar-refractivity contribution is 0.185. The van der Waals surface area contributed by atoms with Crippen LogP contribution in [-0.2, 0) is 10.8 Å². The summed E-state index contributed by atoms with van der Waals surface area (Å²) in [5, 5.41) is 0. The Labute approximate surface area is 402 Å². The minimum Gasteiger partial charge on any atom is -0.494 e. The van der Waals surface area contributed by atoms with Crippen molar-refractivity contribution in [2.75, 3.05) is 75.4 Å². The van der Waals surface area contributed by atoms with Crippen LogP contribution >= 0.6 is 42.7 Å². The van der Waals surface area contributed by atoms with Crippen molar-refractivity contribution in [2.45, 2.75) is 117 Å². The lowest BCUT2D eigenvalue weighted by Gasteiger charge is -2.45. The molecule has 360 valence electrons. The molecule has 6 rings (SSSR count). The normalized spacial score (nSPS) is 19.8. The lowest BCUT2D eigenvalue weighted by atomic mass is 9.59. The molecule has 0 radical (unpaired) electrons. The van der Waals surface area contributed by atoms with E-state index in [1.165, 1.54) is 89.5 Å². The average Bonchev–Trinajstić information content (AvgIpc) is 3.21. The predicted molar refractivity (Wildman–Crippen MR) is 295 cm³/mol. The highest BCUT2D eigenvalue weighted by atomic mass is 32.3. The first kappa shape index (κ1) is 54.1. The van der Waals surface area contributed by atoms with E-state index in [4.69, 9.17) is 17.3 Å². The van der Waals surface area contributed by atoms with Gasteiger partial charge in [0, 0.05) is 10.8 Å². The molecule has 2 saturated carbocycles. The molecule has 64 heavy (non-hydrogen) atoms. The Morgan fingerprint density at radius 3 is 0.938 bits per heavy atom.